The minimum atomic E-state index is 0.0396. The molecule has 0 spiro atoms. The molecule has 1 aromatic carbocycles. The molecule has 1 saturated heterocycles. The first kappa shape index (κ1) is 18.7. The van der Waals surface area contributed by atoms with Crippen molar-refractivity contribution in [2.45, 2.75) is 46.0 Å². The van der Waals surface area contributed by atoms with Crippen LogP contribution in [-0.2, 0) is 9.59 Å². The van der Waals surface area contributed by atoms with Crippen molar-refractivity contribution < 1.29 is 14.3 Å². The number of nitrogens with one attached hydrogen (secondary N) is 1. The van der Waals surface area contributed by atoms with Crippen LogP contribution in [0.2, 0.25) is 0 Å². The van der Waals surface area contributed by atoms with E-state index in [0.29, 0.717) is 24.9 Å². The molecule has 1 N–H and O–H groups in total. The maximum atomic E-state index is 12.8. The maximum Gasteiger partial charge on any atom is 0.225 e. The predicted molar refractivity (Wildman–Crippen MR) is 102 cm³/mol. The topological polar surface area (TPSA) is 58.6 Å². The zero-order valence-electron chi connectivity index (χ0n) is 15.9. The van der Waals surface area contributed by atoms with Crippen LogP contribution < -0.4 is 10.1 Å². The second-order valence-electron chi connectivity index (χ2n) is 7.49. The van der Waals surface area contributed by atoms with Crippen LogP contribution in [0.3, 0.4) is 0 Å². The van der Waals surface area contributed by atoms with E-state index in [1.807, 2.05) is 29.2 Å². The number of carbonyl (C=O) groups is 2. The summed E-state index contributed by atoms with van der Waals surface area (Å²) < 4.78 is 5.93. The first-order valence-electron chi connectivity index (χ1n) is 9.92. The molecule has 0 radical (unpaired) electrons. The molecule has 2 heterocycles. The lowest BCUT2D eigenvalue weighted by Gasteiger charge is -2.40. The Hall–Kier alpha value is -2.04. The van der Waals surface area contributed by atoms with Gasteiger partial charge in [0.15, 0.2) is 0 Å². The molecule has 0 unspecified atom stereocenters. The van der Waals surface area contributed by atoms with Gasteiger partial charge in [-0.05, 0) is 49.7 Å². The van der Waals surface area contributed by atoms with Crippen molar-refractivity contribution in [3.05, 3.63) is 24.3 Å². The summed E-state index contributed by atoms with van der Waals surface area (Å²) in [5.41, 5.74) is 0.747. The summed E-state index contributed by atoms with van der Waals surface area (Å²) in [6, 6.07) is 7.58. The summed E-state index contributed by atoms with van der Waals surface area (Å²) in [6.07, 6.45) is 4.07. The number of piperidine rings is 1. The van der Waals surface area contributed by atoms with Gasteiger partial charge in [0.2, 0.25) is 11.8 Å². The van der Waals surface area contributed by atoms with Crippen molar-refractivity contribution in [2.75, 3.05) is 25.0 Å². The van der Waals surface area contributed by atoms with E-state index < -0.39 is 0 Å². The Kier molecular flexibility index (Phi) is 6.17. The number of carbonyl (C=O) groups excluding carboxylic acids is 2. The van der Waals surface area contributed by atoms with Gasteiger partial charge in [-0.15, -0.1) is 0 Å². The predicted octanol–water partition coefficient (Wildman–Crippen LogP) is 3.70. The highest BCUT2D eigenvalue weighted by Crippen LogP contribution is 2.33. The molecule has 3 rings (SSSR count). The van der Waals surface area contributed by atoms with Gasteiger partial charge in [0.05, 0.1) is 12.3 Å². The van der Waals surface area contributed by atoms with E-state index in [-0.39, 0.29) is 17.7 Å². The molecule has 2 aliphatic rings. The molecule has 0 bridgehead atoms. The van der Waals surface area contributed by atoms with Crippen LogP contribution in [0.5, 0.6) is 5.75 Å². The number of hydrogen-bond acceptors (Lipinski definition) is 3. The van der Waals surface area contributed by atoms with Crippen LogP contribution in [0.1, 0.15) is 46.0 Å². The Morgan fingerprint density at radius 1 is 1.23 bits per heavy atom. The largest absolute Gasteiger partial charge is 0.491 e. The first-order valence-corrected chi connectivity index (χ1v) is 9.92. The van der Waals surface area contributed by atoms with Crippen LogP contribution in [0, 0.1) is 17.8 Å². The van der Waals surface area contributed by atoms with Gasteiger partial charge >= 0.3 is 0 Å². The number of rotatable bonds is 3. The Bertz CT molecular complexity index is 642. The number of likely N-dealkylation sites (tertiary alicyclic amines) is 1. The van der Waals surface area contributed by atoms with Crippen molar-refractivity contribution >= 4 is 17.5 Å². The van der Waals surface area contributed by atoms with Crippen LogP contribution in [0.25, 0.3) is 0 Å². The molecular weight excluding hydrogens is 328 g/mol. The highest BCUT2D eigenvalue weighted by molar-refractivity contribution is 5.92. The zero-order chi connectivity index (χ0) is 18.5. The molecule has 142 valence electrons. The average Bonchev–Trinajstić information content (AvgIpc) is 2.65. The Balaban J connectivity index is 1.71. The molecule has 1 aromatic rings. The lowest BCUT2D eigenvalue weighted by molar-refractivity contribution is -0.138. The summed E-state index contributed by atoms with van der Waals surface area (Å²) in [4.78, 5) is 27.3. The third kappa shape index (κ3) is 4.19. The first-order chi connectivity index (χ1) is 12.6. The Labute approximate surface area is 156 Å². The summed E-state index contributed by atoms with van der Waals surface area (Å²) >= 11 is 0. The molecule has 0 aliphatic carbocycles. The van der Waals surface area contributed by atoms with Gasteiger partial charge in [0.25, 0.3) is 0 Å². The molecule has 5 nitrogen and oxygen atoms in total. The molecular formula is C21H30N2O3. The van der Waals surface area contributed by atoms with Crippen molar-refractivity contribution in [3.8, 4) is 5.75 Å². The zero-order valence-corrected chi connectivity index (χ0v) is 15.9. The van der Waals surface area contributed by atoms with Gasteiger partial charge in [-0.25, -0.2) is 0 Å². The van der Waals surface area contributed by atoms with Crippen LogP contribution >= 0.6 is 0 Å². The Morgan fingerprint density at radius 3 is 2.77 bits per heavy atom. The Morgan fingerprint density at radius 2 is 2.00 bits per heavy atom. The van der Waals surface area contributed by atoms with Crippen molar-refractivity contribution in [1.29, 1.82) is 0 Å². The number of fused-ring (bicyclic) bond motifs is 2. The standard InChI is InChI=1S/C21H30N2O3/c1-3-15(4-2)21(25)23-11-9-16-13-20(24)22-18-7-5-6-8-19(18)26-12-10-17(16)14-23/h5-8,15-17H,3-4,9-14H2,1-2H3,(H,22,24)/t16-,17-/m0/s1. The lowest BCUT2D eigenvalue weighted by atomic mass is 9.80. The van der Waals surface area contributed by atoms with E-state index in [2.05, 4.69) is 19.2 Å². The van der Waals surface area contributed by atoms with E-state index in [1.165, 1.54) is 0 Å². The molecule has 0 saturated carbocycles. The van der Waals surface area contributed by atoms with E-state index in [1.54, 1.807) is 0 Å². The van der Waals surface area contributed by atoms with E-state index in [9.17, 15) is 9.59 Å². The number of amides is 2. The summed E-state index contributed by atoms with van der Waals surface area (Å²) in [5.74, 6) is 1.80. The van der Waals surface area contributed by atoms with Crippen molar-refractivity contribution in [2.24, 2.45) is 17.8 Å². The van der Waals surface area contributed by atoms with Gasteiger partial charge in [-0.3, -0.25) is 9.59 Å². The molecule has 0 aromatic heterocycles. The minimum absolute atomic E-state index is 0.0396. The van der Waals surface area contributed by atoms with Gasteiger partial charge in [0.1, 0.15) is 5.75 Å². The number of para-hydroxylation sites is 2. The molecule has 2 amide bonds. The van der Waals surface area contributed by atoms with E-state index in [4.69, 9.17) is 4.74 Å². The third-order valence-corrected chi connectivity index (χ3v) is 5.89. The van der Waals surface area contributed by atoms with Crippen molar-refractivity contribution in [3.63, 3.8) is 0 Å². The molecule has 26 heavy (non-hydrogen) atoms. The quantitative estimate of drug-likeness (QED) is 0.896. The number of anilines is 1. The highest BCUT2D eigenvalue weighted by atomic mass is 16.5. The fourth-order valence-corrected chi connectivity index (χ4v) is 4.23. The fraction of sp³-hybridized carbons (Fsp3) is 0.619. The van der Waals surface area contributed by atoms with Crippen LogP contribution in [0.15, 0.2) is 24.3 Å². The number of benzene rings is 1. The summed E-state index contributed by atoms with van der Waals surface area (Å²) in [7, 11) is 0. The van der Waals surface area contributed by atoms with E-state index >= 15 is 0 Å². The van der Waals surface area contributed by atoms with Crippen molar-refractivity contribution in [1.82, 2.24) is 4.90 Å². The normalized spacial score (nSPS) is 23.5. The summed E-state index contributed by atoms with van der Waals surface area (Å²) in [5, 5.41) is 2.99. The van der Waals surface area contributed by atoms with Crippen LogP contribution in [-0.4, -0.2) is 36.4 Å². The molecule has 2 aliphatic heterocycles. The summed E-state index contributed by atoms with van der Waals surface area (Å²) in [6.45, 7) is 6.29. The fourth-order valence-electron chi connectivity index (χ4n) is 4.23. The monoisotopic (exact) mass is 358 g/mol. The number of nitrogens with zero attached hydrogens (tertiary/aromatic N) is 1. The van der Waals surface area contributed by atoms with Gasteiger partial charge < -0.3 is 15.0 Å². The van der Waals surface area contributed by atoms with Gasteiger partial charge in [-0.1, -0.05) is 26.0 Å². The molecule has 2 atom stereocenters. The highest BCUT2D eigenvalue weighted by Gasteiger charge is 2.34. The minimum Gasteiger partial charge on any atom is -0.491 e. The molecule has 1 fully saturated rings. The van der Waals surface area contributed by atoms with Crippen LogP contribution in [0.4, 0.5) is 5.69 Å². The second-order valence-corrected chi connectivity index (χ2v) is 7.49. The van der Waals surface area contributed by atoms with Gasteiger partial charge in [-0.2, -0.15) is 0 Å². The lowest BCUT2D eigenvalue weighted by Crippen LogP contribution is -2.47. The van der Waals surface area contributed by atoms with Gasteiger partial charge in [0, 0.05) is 25.4 Å². The smallest absolute Gasteiger partial charge is 0.225 e. The third-order valence-electron chi connectivity index (χ3n) is 5.89. The average molecular weight is 358 g/mol. The van der Waals surface area contributed by atoms with E-state index in [0.717, 1.165) is 50.2 Å². The molecule has 5 heteroatoms. The maximum absolute atomic E-state index is 12.8. The number of hydrogen-bond donors (Lipinski definition) is 1. The SMILES string of the molecule is CCC(CC)C(=O)N1CC[C@H]2CC(=O)Nc3ccccc3OCC[C@H]2C1. The second kappa shape index (κ2) is 8.56. The number of ether oxygens (including phenoxy) is 1.